The molecule has 3 rings (SSSR count). The van der Waals surface area contributed by atoms with Crippen LogP contribution in [-0.2, 0) is 11.3 Å². The molecule has 0 saturated heterocycles. The van der Waals surface area contributed by atoms with E-state index in [4.69, 9.17) is 16.7 Å². The molecule has 2 aromatic carbocycles. The molecule has 0 bridgehead atoms. The number of hydrogen-bond acceptors (Lipinski definition) is 5. The van der Waals surface area contributed by atoms with Crippen molar-refractivity contribution >= 4 is 39.9 Å². The van der Waals surface area contributed by atoms with Crippen LogP contribution in [0, 0.1) is 0 Å². The molecule has 8 heteroatoms. The van der Waals surface area contributed by atoms with Gasteiger partial charge in [0.1, 0.15) is 6.54 Å². The summed E-state index contributed by atoms with van der Waals surface area (Å²) in [5.41, 5.74) is 3.21. The Morgan fingerprint density at radius 1 is 1.10 bits per heavy atom. The summed E-state index contributed by atoms with van der Waals surface area (Å²) in [6.45, 7) is 0.288. The number of benzene rings is 2. The van der Waals surface area contributed by atoms with E-state index in [2.05, 4.69) is 4.98 Å². The van der Waals surface area contributed by atoms with Crippen molar-refractivity contribution in [2.24, 2.45) is 0 Å². The van der Waals surface area contributed by atoms with Crippen molar-refractivity contribution in [3.63, 3.8) is 0 Å². The summed E-state index contributed by atoms with van der Waals surface area (Å²) in [5.74, 6) is -1.37. The zero-order valence-electron chi connectivity index (χ0n) is 16.0. The fourth-order valence-electron chi connectivity index (χ4n) is 2.82. The average Bonchev–Trinajstić information content (AvgIpc) is 3.18. The third-order valence-electron chi connectivity index (χ3n) is 4.31. The van der Waals surface area contributed by atoms with Gasteiger partial charge in [0, 0.05) is 42.2 Å². The standard InChI is InChI=1S/C21H20ClN3O3S/c1-24(12-19(26)27)20(28)15-9-7-14(8-10-15)11-25(2)21-23-18(13-29-21)16-5-3-4-6-17(16)22/h3-10,13H,11-12H2,1-2H3,(H,26,27). The number of aromatic nitrogens is 1. The topological polar surface area (TPSA) is 73.7 Å². The van der Waals surface area contributed by atoms with Crippen molar-refractivity contribution in [2.45, 2.75) is 6.54 Å². The second-order valence-electron chi connectivity index (χ2n) is 6.60. The Morgan fingerprint density at radius 3 is 2.45 bits per heavy atom. The molecule has 1 aromatic heterocycles. The maximum atomic E-state index is 12.2. The van der Waals surface area contributed by atoms with Gasteiger partial charge in [-0.15, -0.1) is 11.3 Å². The zero-order valence-corrected chi connectivity index (χ0v) is 17.6. The minimum absolute atomic E-state index is 0.323. The summed E-state index contributed by atoms with van der Waals surface area (Å²) in [5, 5.41) is 12.3. The van der Waals surface area contributed by atoms with Gasteiger partial charge in [0.05, 0.1) is 5.69 Å². The highest BCUT2D eigenvalue weighted by molar-refractivity contribution is 7.14. The van der Waals surface area contributed by atoms with Crippen molar-refractivity contribution in [1.29, 1.82) is 0 Å². The van der Waals surface area contributed by atoms with E-state index in [-0.39, 0.29) is 12.5 Å². The number of rotatable bonds is 7. The Balaban J connectivity index is 1.67. The van der Waals surface area contributed by atoms with E-state index in [1.54, 1.807) is 12.1 Å². The lowest BCUT2D eigenvalue weighted by Gasteiger charge is -2.17. The summed E-state index contributed by atoms with van der Waals surface area (Å²) in [4.78, 5) is 30.9. The number of halogens is 1. The van der Waals surface area contributed by atoms with E-state index < -0.39 is 5.97 Å². The second kappa shape index (κ2) is 9.07. The molecule has 1 N–H and O–H groups in total. The zero-order chi connectivity index (χ0) is 21.0. The summed E-state index contributed by atoms with van der Waals surface area (Å²) >= 11 is 7.79. The quantitative estimate of drug-likeness (QED) is 0.607. The maximum absolute atomic E-state index is 12.2. The van der Waals surface area contributed by atoms with E-state index in [0.717, 1.165) is 22.0 Å². The largest absolute Gasteiger partial charge is 0.480 e. The van der Waals surface area contributed by atoms with Crippen LogP contribution in [0.4, 0.5) is 5.13 Å². The van der Waals surface area contributed by atoms with Gasteiger partial charge < -0.3 is 14.9 Å². The number of anilines is 1. The van der Waals surface area contributed by atoms with Gasteiger partial charge in [-0.25, -0.2) is 4.98 Å². The van der Waals surface area contributed by atoms with Crippen LogP contribution in [0.5, 0.6) is 0 Å². The number of amides is 1. The van der Waals surface area contributed by atoms with E-state index in [9.17, 15) is 9.59 Å². The van der Waals surface area contributed by atoms with Crippen molar-refractivity contribution in [1.82, 2.24) is 9.88 Å². The van der Waals surface area contributed by atoms with Gasteiger partial charge in [-0.2, -0.15) is 0 Å². The van der Waals surface area contributed by atoms with Crippen LogP contribution in [0.25, 0.3) is 11.3 Å². The summed E-state index contributed by atoms with van der Waals surface area (Å²) in [6.07, 6.45) is 0. The number of carboxylic acids is 1. The molecule has 0 unspecified atom stereocenters. The Bertz CT molecular complexity index is 1020. The predicted molar refractivity (Wildman–Crippen MR) is 116 cm³/mol. The van der Waals surface area contributed by atoms with Gasteiger partial charge in [0.25, 0.3) is 5.91 Å². The minimum Gasteiger partial charge on any atom is -0.480 e. The molecule has 0 radical (unpaired) electrons. The Kier molecular flexibility index (Phi) is 6.51. The molecule has 3 aromatic rings. The lowest BCUT2D eigenvalue weighted by Crippen LogP contribution is -2.31. The molecule has 150 valence electrons. The van der Waals surface area contributed by atoms with E-state index in [1.165, 1.54) is 23.3 Å². The van der Waals surface area contributed by atoms with Gasteiger partial charge in [0.2, 0.25) is 0 Å². The van der Waals surface area contributed by atoms with Gasteiger partial charge >= 0.3 is 5.97 Å². The Labute approximate surface area is 178 Å². The SMILES string of the molecule is CN(CC(=O)O)C(=O)c1ccc(CN(C)c2nc(-c3ccccc3Cl)cs2)cc1. The first-order valence-electron chi connectivity index (χ1n) is 8.83. The third kappa shape index (κ3) is 5.13. The Hall–Kier alpha value is -2.90. The predicted octanol–water partition coefficient (Wildman–Crippen LogP) is 4.26. The molecule has 0 aliphatic heterocycles. The number of hydrogen-bond donors (Lipinski definition) is 1. The van der Waals surface area contributed by atoms with Crippen molar-refractivity contribution in [3.05, 3.63) is 70.1 Å². The summed E-state index contributed by atoms with van der Waals surface area (Å²) in [7, 11) is 3.42. The normalized spacial score (nSPS) is 10.6. The van der Waals surface area contributed by atoms with E-state index in [0.29, 0.717) is 17.1 Å². The number of thiazole rings is 1. The lowest BCUT2D eigenvalue weighted by atomic mass is 10.1. The first-order valence-corrected chi connectivity index (χ1v) is 10.1. The Morgan fingerprint density at radius 2 is 1.79 bits per heavy atom. The monoisotopic (exact) mass is 429 g/mol. The number of carbonyl (C=O) groups is 2. The van der Waals surface area contributed by atoms with Gasteiger partial charge in [-0.1, -0.05) is 41.9 Å². The maximum Gasteiger partial charge on any atom is 0.323 e. The molecule has 0 atom stereocenters. The molecule has 0 spiro atoms. The van der Waals surface area contributed by atoms with Gasteiger partial charge in [0.15, 0.2) is 5.13 Å². The van der Waals surface area contributed by atoms with E-state index in [1.807, 2.05) is 53.7 Å². The molecule has 0 aliphatic carbocycles. The molecule has 29 heavy (non-hydrogen) atoms. The van der Waals surface area contributed by atoms with Crippen LogP contribution in [0.2, 0.25) is 5.02 Å². The molecule has 1 amide bonds. The number of carbonyl (C=O) groups excluding carboxylic acids is 1. The van der Waals surface area contributed by atoms with Crippen LogP contribution < -0.4 is 4.90 Å². The van der Waals surface area contributed by atoms with Gasteiger partial charge in [-0.3, -0.25) is 9.59 Å². The highest BCUT2D eigenvalue weighted by atomic mass is 35.5. The molecule has 0 fully saturated rings. The molecule has 1 heterocycles. The minimum atomic E-state index is -1.04. The highest BCUT2D eigenvalue weighted by Crippen LogP contribution is 2.31. The number of nitrogens with zero attached hydrogens (tertiary/aromatic N) is 3. The number of aliphatic carboxylic acids is 1. The van der Waals surface area contributed by atoms with Crippen LogP contribution in [-0.4, -0.2) is 47.5 Å². The fraction of sp³-hybridized carbons (Fsp3) is 0.190. The van der Waals surface area contributed by atoms with Crippen LogP contribution in [0.1, 0.15) is 15.9 Å². The smallest absolute Gasteiger partial charge is 0.323 e. The van der Waals surface area contributed by atoms with Crippen molar-refractivity contribution < 1.29 is 14.7 Å². The molecular weight excluding hydrogens is 410 g/mol. The fourth-order valence-corrected chi connectivity index (χ4v) is 3.85. The second-order valence-corrected chi connectivity index (χ2v) is 7.85. The van der Waals surface area contributed by atoms with Crippen LogP contribution >= 0.6 is 22.9 Å². The summed E-state index contributed by atoms with van der Waals surface area (Å²) < 4.78 is 0. The molecular formula is C21H20ClN3O3S. The first-order chi connectivity index (χ1) is 13.8. The van der Waals surface area contributed by atoms with Crippen LogP contribution in [0.3, 0.4) is 0 Å². The third-order valence-corrected chi connectivity index (χ3v) is 5.59. The summed E-state index contributed by atoms with van der Waals surface area (Å²) in [6, 6.07) is 14.7. The lowest BCUT2D eigenvalue weighted by molar-refractivity contribution is -0.137. The van der Waals surface area contributed by atoms with Crippen LogP contribution in [0.15, 0.2) is 53.9 Å². The van der Waals surface area contributed by atoms with Gasteiger partial charge in [-0.05, 0) is 23.8 Å². The number of carboxylic acid groups (broad SMARTS) is 1. The van der Waals surface area contributed by atoms with E-state index >= 15 is 0 Å². The highest BCUT2D eigenvalue weighted by Gasteiger charge is 2.15. The molecule has 0 aliphatic rings. The average molecular weight is 430 g/mol. The van der Waals surface area contributed by atoms with Crippen molar-refractivity contribution in [2.75, 3.05) is 25.5 Å². The molecule has 0 saturated carbocycles. The van der Waals surface area contributed by atoms with Crippen molar-refractivity contribution in [3.8, 4) is 11.3 Å². The number of likely N-dealkylation sites (N-methyl/N-ethyl adjacent to an activating group) is 1. The first kappa shape index (κ1) is 20.8. The molecule has 6 nitrogen and oxygen atoms in total.